The van der Waals surface area contributed by atoms with Crippen molar-refractivity contribution in [1.29, 1.82) is 0 Å². The number of carboxylic acids is 1. The van der Waals surface area contributed by atoms with Crippen molar-refractivity contribution in [2.45, 2.75) is 6.92 Å². The minimum absolute atomic E-state index is 0.238. The molecule has 0 bridgehead atoms. The number of hydrogen-bond donors (Lipinski definition) is 1. The lowest BCUT2D eigenvalue weighted by Crippen LogP contribution is -2.38. The lowest BCUT2D eigenvalue weighted by Gasteiger charge is -2.21. The normalized spacial score (nSPS) is 10.3. The summed E-state index contributed by atoms with van der Waals surface area (Å²) in [4.78, 5) is 24.4. The molecule has 1 N–H and O–H groups in total. The van der Waals surface area contributed by atoms with E-state index in [1.54, 1.807) is 12.1 Å². The summed E-state index contributed by atoms with van der Waals surface area (Å²) in [6, 6.07) is 5.31. The summed E-state index contributed by atoms with van der Waals surface area (Å²) >= 11 is 3.36. The number of ether oxygens (including phenoxy) is 1. The molecule has 1 rings (SSSR count). The number of carboxylic acid groups (broad SMARTS) is 1. The van der Waals surface area contributed by atoms with Crippen LogP contribution in [0.3, 0.4) is 0 Å². The number of nitrogens with zero attached hydrogens (tertiary/aromatic N) is 1. The molecule has 0 heterocycles. The molecule has 0 aliphatic carbocycles. The molecule has 1 aromatic rings. The molecule has 5 nitrogen and oxygen atoms in total. The Morgan fingerprint density at radius 3 is 2.68 bits per heavy atom. The van der Waals surface area contributed by atoms with Gasteiger partial charge in [0.25, 0.3) is 5.91 Å². The van der Waals surface area contributed by atoms with Crippen LogP contribution in [0.25, 0.3) is 0 Å². The summed E-state index contributed by atoms with van der Waals surface area (Å²) in [7, 11) is 1.51. The second-order valence-electron chi connectivity index (χ2n) is 4.05. The van der Waals surface area contributed by atoms with Gasteiger partial charge in [0, 0.05) is 18.1 Å². The van der Waals surface area contributed by atoms with Gasteiger partial charge in [-0.25, -0.2) is 0 Å². The average molecular weight is 330 g/mol. The minimum Gasteiger partial charge on any atom is -0.480 e. The highest BCUT2D eigenvalue weighted by Gasteiger charge is 2.20. The Hall–Kier alpha value is -1.40. The van der Waals surface area contributed by atoms with E-state index in [-0.39, 0.29) is 19.0 Å². The molecule has 0 fully saturated rings. The summed E-state index contributed by atoms with van der Waals surface area (Å²) in [5, 5.41) is 8.86. The van der Waals surface area contributed by atoms with Gasteiger partial charge in [0.2, 0.25) is 0 Å². The van der Waals surface area contributed by atoms with Crippen molar-refractivity contribution in [3.63, 3.8) is 0 Å². The number of carbonyl (C=O) groups is 2. The van der Waals surface area contributed by atoms with Gasteiger partial charge in [-0.1, -0.05) is 12.1 Å². The lowest BCUT2D eigenvalue weighted by atomic mass is 10.1. The Kier molecular flexibility index (Phi) is 5.98. The maximum absolute atomic E-state index is 12.3. The highest BCUT2D eigenvalue weighted by atomic mass is 79.9. The van der Waals surface area contributed by atoms with E-state index in [1.807, 2.05) is 13.0 Å². The van der Waals surface area contributed by atoms with Crippen molar-refractivity contribution in [2.75, 3.05) is 26.8 Å². The molecule has 0 spiro atoms. The zero-order valence-corrected chi connectivity index (χ0v) is 12.4. The fourth-order valence-electron chi connectivity index (χ4n) is 1.60. The van der Waals surface area contributed by atoms with Crippen molar-refractivity contribution in [3.8, 4) is 0 Å². The molecule has 1 aromatic carbocycles. The van der Waals surface area contributed by atoms with Crippen LogP contribution in [-0.4, -0.2) is 48.7 Å². The Morgan fingerprint density at radius 1 is 1.42 bits per heavy atom. The van der Waals surface area contributed by atoms with Gasteiger partial charge in [-0.15, -0.1) is 0 Å². The van der Waals surface area contributed by atoms with Crippen LogP contribution >= 0.6 is 15.9 Å². The number of aryl methyl sites for hydroxylation is 1. The first-order valence-electron chi connectivity index (χ1n) is 5.72. The van der Waals surface area contributed by atoms with E-state index in [4.69, 9.17) is 9.84 Å². The van der Waals surface area contributed by atoms with Crippen LogP contribution in [0.2, 0.25) is 0 Å². The molecule has 0 unspecified atom stereocenters. The van der Waals surface area contributed by atoms with Gasteiger partial charge >= 0.3 is 5.97 Å². The number of halogens is 1. The highest BCUT2D eigenvalue weighted by molar-refractivity contribution is 9.10. The third kappa shape index (κ3) is 4.33. The third-order valence-corrected chi connectivity index (χ3v) is 3.65. The quantitative estimate of drug-likeness (QED) is 0.866. The fraction of sp³-hybridized carbons (Fsp3) is 0.385. The molecule has 0 saturated heterocycles. The van der Waals surface area contributed by atoms with Gasteiger partial charge in [-0.05, 0) is 34.5 Å². The summed E-state index contributed by atoms with van der Waals surface area (Å²) in [5.41, 5.74) is 1.38. The summed E-state index contributed by atoms with van der Waals surface area (Å²) in [6.45, 7) is 2.06. The van der Waals surface area contributed by atoms with Crippen LogP contribution in [0.4, 0.5) is 0 Å². The van der Waals surface area contributed by atoms with E-state index in [2.05, 4.69) is 15.9 Å². The van der Waals surface area contributed by atoms with Crippen LogP contribution in [-0.2, 0) is 9.53 Å². The summed E-state index contributed by atoms with van der Waals surface area (Å²) < 4.78 is 5.58. The Balaban J connectivity index is 2.97. The van der Waals surface area contributed by atoms with E-state index in [0.717, 1.165) is 5.56 Å². The predicted molar refractivity (Wildman–Crippen MR) is 74.3 cm³/mol. The van der Waals surface area contributed by atoms with Crippen LogP contribution in [0.1, 0.15) is 15.9 Å². The number of carbonyl (C=O) groups excluding carboxylic acids is 1. The van der Waals surface area contributed by atoms with E-state index >= 15 is 0 Å². The van der Waals surface area contributed by atoms with Crippen molar-refractivity contribution in [2.24, 2.45) is 0 Å². The number of amides is 1. The first-order valence-corrected chi connectivity index (χ1v) is 6.51. The maximum atomic E-state index is 12.3. The zero-order chi connectivity index (χ0) is 14.4. The zero-order valence-electron chi connectivity index (χ0n) is 10.9. The number of aliphatic carboxylic acids is 1. The smallest absolute Gasteiger partial charge is 0.323 e. The second-order valence-corrected chi connectivity index (χ2v) is 4.84. The van der Waals surface area contributed by atoms with Crippen LogP contribution in [0.15, 0.2) is 22.7 Å². The molecule has 104 valence electrons. The topological polar surface area (TPSA) is 66.8 Å². The molecule has 19 heavy (non-hydrogen) atoms. The molecule has 6 heteroatoms. The first kappa shape index (κ1) is 15.7. The van der Waals surface area contributed by atoms with Gasteiger partial charge < -0.3 is 14.7 Å². The van der Waals surface area contributed by atoms with E-state index < -0.39 is 5.97 Å². The van der Waals surface area contributed by atoms with Gasteiger partial charge in [0.1, 0.15) is 6.54 Å². The van der Waals surface area contributed by atoms with E-state index in [0.29, 0.717) is 16.6 Å². The van der Waals surface area contributed by atoms with Crippen molar-refractivity contribution >= 4 is 27.8 Å². The van der Waals surface area contributed by atoms with Gasteiger partial charge in [0.15, 0.2) is 0 Å². The standard InChI is InChI=1S/C13H16BrNO4/c1-9-4-3-5-10(12(9)14)13(18)15(6-7-19-2)8-11(16)17/h3-5H,6-8H2,1-2H3,(H,16,17). The van der Waals surface area contributed by atoms with Crippen LogP contribution in [0, 0.1) is 6.92 Å². The molecule has 0 aliphatic rings. The SMILES string of the molecule is COCCN(CC(=O)O)C(=O)c1cccc(C)c1Br. The highest BCUT2D eigenvalue weighted by Crippen LogP contribution is 2.22. The fourth-order valence-corrected chi connectivity index (χ4v) is 2.03. The first-order chi connectivity index (χ1) is 8.97. The number of rotatable bonds is 6. The Bertz CT molecular complexity index is 476. The summed E-state index contributed by atoms with van der Waals surface area (Å²) in [5.74, 6) is -1.37. The molecule has 0 aliphatic heterocycles. The van der Waals surface area contributed by atoms with Crippen molar-refractivity contribution in [3.05, 3.63) is 33.8 Å². The largest absolute Gasteiger partial charge is 0.480 e. The molecular weight excluding hydrogens is 314 g/mol. The number of methoxy groups -OCH3 is 1. The minimum atomic E-state index is -1.05. The summed E-state index contributed by atoms with van der Waals surface area (Å²) in [6.07, 6.45) is 0. The van der Waals surface area contributed by atoms with E-state index in [9.17, 15) is 9.59 Å². The molecule has 0 radical (unpaired) electrons. The lowest BCUT2D eigenvalue weighted by molar-refractivity contribution is -0.137. The van der Waals surface area contributed by atoms with Crippen molar-refractivity contribution < 1.29 is 19.4 Å². The van der Waals surface area contributed by atoms with Crippen molar-refractivity contribution in [1.82, 2.24) is 4.90 Å². The third-order valence-electron chi connectivity index (χ3n) is 2.60. The molecular formula is C13H16BrNO4. The maximum Gasteiger partial charge on any atom is 0.323 e. The predicted octanol–water partition coefficient (Wildman–Crippen LogP) is 1.93. The van der Waals surface area contributed by atoms with Gasteiger partial charge in [0.05, 0.1) is 12.2 Å². The van der Waals surface area contributed by atoms with Crippen LogP contribution in [0.5, 0.6) is 0 Å². The number of benzene rings is 1. The average Bonchev–Trinajstić information content (AvgIpc) is 2.36. The van der Waals surface area contributed by atoms with E-state index in [1.165, 1.54) is 12.0 Å². The molecule has 1 amide bonds. The Morgan fingerprint density at radius 2 is 2.11 bits per heavy atom. The second kappa shape index (κ2) is 7.25. The monoisotopic (exact) mass is 329 g/mol. The molecule has 0 saturated carbocycles. The Labute approximate surface area is 120 Å². The molecule has 0 aromatic heterocycles. The van der Waals surface area contributed by atoms with Gasteiger partial charge in [-0.2, -0.15) is 0 Å². The number of hydrogen-bond acceptors (Lipinski definition) is 3. The van der Waals surface area contributed by atoms with Gasteiger partial charge in [-0.3, -0.25) is 9.59 Å². The van der Waals surface area contributed by atoms with Crippen LogP contribution < -0.4 is 0 Å². The molecule has 0 atom stereocenters.